The van der Waals surface area contributed by atoms with Crippen LogP contribution in [0.3, 0.4) is 0 Å². The molecule has 2 aromatic carbocycles. The number of amides is 2. The number of carbonyl (C=O) groups excluding carboxylic acids is 2. The van der Waals surface area contributed by atoms with E-state index in [0.717, 1.165) is 10.6 Å². The third-order valence-corrected chi connectivity index (χ3v) is 8.43. The van der Waals surface area contributed by atoms with Crippen LogP contribution in [0.2, 0.25) is 0 Å². The van der Waals surface area contributed by atoms with E-state index in [9.17, 15) is 28.9 Å². The van der Waals surface area contributed by atoms with Crippen LogP contribution in [-0.4, -0.2) is 51.3 Å². The van der Waals surface area contributed by atoms with Crippen molar-refractivity contribution in [3.8, 4) is 10.6 Å². The number of hydrogen-bond acceptors (Lipinski definition) is 6. The van der Waals surface area contributed by atoms with Gasteiger partial charge in [0.15, 0.2) is 0 Å². The highest BCUT2D eigenvalue weighted by atomic mass is 32.1. The van der Waals surface area contributed by atoms with Gasteiger partial charge in [0.1, 0.15) is 11.0 Å². The van der Waals surface area contributed by atoms with Gasteiger partial charge in [-0.25, -0.2) is 9.78 Å². The third-order valence-electron chi connectivity index (χ3n) is 5.94. The lowest BCUT2D eigenvalue weighted by atomic mass is 9.96. The Morgan fingerprint density at radius 3 is 2.26 bits per heavy atom. The Morgan fingerprint density at radius 2 is 1.71 bits per heavy atom. The molecule has 1 heterocycles. The van der Waals surface area contributed by atoms with Crippen LogP contribution in [0.5, 0.6) is 0 Å². The molecule has 1 aromatic heterocycles. The van der Waals surface area contributed by atoms with Crippen molar-refractivity contribution in [3.05, 3.63) is 71.7 Å². The number of carboxylic acids is 1. The van der Waals surface area contributed by atoms with Gasteiger partial charge in [0.2, 0.25) is 13.3 Å². The fraction of sp³-hybridized carbons (Fsp3) is 0.333. The minimum Gasteiger partial charge on any atom is -0.480 e. The Bertz CT molecular complexity index is 1280. The summed E-state index contributed by atoms with van der Waals surface area (Å²) in [6.07, 6.45) is 1.07. The summed E-state index contributed by atoms with van der Waals surface area (Å²) in [5, 5.41) is 14.9. The second-order valence-electron chi connectivity index (χ2n) is 9.49. The molecule has 0 fully saturated rings. The average Bonchev–Trinajstić information content (AvgIpc) is 3.42. The molecule has 38 heavy (non-hydrogen) atoms. The van der Waals surface area contributed by atoms with Crippen LogP contribution in [0.15, 0.2) is 66.2 Å². The van der Waals surface area contributed by atoms with Crippen LogP contribution in [0.4, 0.5) is 5.69 Å². The van der Waals surface area contributed by atoms with Crippen LogP contribution >= 0.6 is 18.7 Å². The van der Waals surface area contributed by atoms with Gasteiger partial charge in [0.25, 0.3) is 5.91 Å². The summed E-state index contributed by atoms with van der Waals surface area (Å²) in [5.41, 5.74) is 1.54. The van der Waals surface area contributed by atoms with E-state index in [1.165, 1.54) is 23.2 Å². The molecule has 3 rings (SSSR count). The highest BCUT2D eigenvalue weighted by Gasteiger charge is 2.36. The number of carbonyl (C=O) groups is 3. The summed E-state index contributed by atoms with van der Waals surface area (Å²) in [6.45, 7) is 5.17. The Morgan fingerprint density at radius 1 is 1.05 bits per heavy atom. The number of aliphatic carboxylic acids is 1. The minimum absolute atomic E-state index is 0.00266. The van der Waals surface area contributed by atoms with Gasteiger partial charge in [0, 0.05) is 40.5 Å². The number of benzene rings is 2. The van der Waals surface area contributed by atoms with E-state index in [2.05, 4.69) is 10.3 Å². The van der Waals surface area contributed by atoms with Gasteiger partial charge in [-0.2, -0.15) is 0 Å². The molecule has 2 amide bonds. The smallest absolute Gasteiger partial charge is 0.326 e. The van der Waals surface area contributed by atoms with Crippen LogP contribution < -0.4 is 10.2 Å². The summed E-state index contributed by atoms with van der Waals surface area (Å²) >= 11 is 1.46. The Balaban J connectivity index is 1.83. The first-order chi connectivity index (χ1) is 18.0. The third kappa shape index (κ3) is 7.84. The first-order valence-electron chi connectivity index (χ1n) is 12.2. The number of thiazole rings is 1. The van der Waals surface area contributed by atoms with Crippen molar-refractivity contribution < 1.29 is 28.9 Å². The predicted molar refractivity (Wildman–Crippen MR) is 149 cm³/mol. The second-order valence-corrected chi connectivity index (χ2v) is 12.8. The van der Waals surface area contributed by atoms with Crippen molar-refractivity contribution in [1.82, 2.24) is 10.3 Å². The Hall–Kier alpha value is -3.33. The predicted octanol–water partition coefficient (Wildman–Crippen LogP) is 4.94. The summed E-state index contributed by atoms with van der Waals surface area (Å²) in [7, 11) is -3.99. The molecule has 0 bridgehead atoms. The molecule has 11 heteroatoms. The molecule has 0 aliphatic carbocycles. The molecule has 0 aliphatic rings. The zero-order valence-corrected chi connectivity index (χ0v) is 23.2. The quantitative estimate of drug-likeness (QED) is 0.268. The van der Waals surface area contributed by atoms with Crippen molar-refractivity contribution in [1.29, 1.82) is 0 Å². The number of hydrogen-bond donors (Lipinski definition) is 3. The topological polar surface area (TPSA) is 137 Å². The van der Waals surface area contributed by atoms with Gasteiger partial charge in [-0.3, -0.25) is 19.1 Å². The molecule has 9 nitrogen and oxygen atoms in total. The average molecular weight is 558 g/mol. The van der Waals surface area contributed by atoms with E-state index in [4.69, 9.17) is 0 Å². The van der Waals surface area contributed by atoms with Gasteiger partial charge in [-0.1, -0.05) is 32.0 Å². The largest absolute Gasteiger partial charge is 0.480 e. The van der Waals surface area contributed by atoms with Crippen LogP contribution in [0.25, 0.3) is 10.6 Å². The van der Waals surface area contributed by atoms with Crippen molar-refractivity contribution in [3.63, 3.8) is 0 Å². The normalized spacial score (nSPS) is 14.3. The molecule has 0 aliphatic heterocycles. The molecular weight excluding hydrogens is 525 g/mol. The van der Waals surface area contributed by atoms with Crippen molar-refractivity contribution >= 4 is 42.2 Å². The number of anilines is 1. The molecule has 0 saturated heterocycles. The van der Waals surface area contributed by atoms with Crippen molar-refractivity contribution in [2.75, 3.05) is 17.3 Å². The van der Waals surface area contributed by atoms with E-state index in [-0.39, 0.29) is 18.5 Å². The lowest BCUT2D eigenvalue weighted by Crippen LogP contribution is -2.47. The molecule has 2 unspecified atom stereocenters. The number of nitrogens with one attached hydrogen (secondary N) is 1. The first-order valence-corrected chi connectivity index (χ1v) is 15.1. The summed E-state index contributed by atoms with van der Waals surface area (Å²) < 4.78 is 13.1. The van der Waals surface area contributed by atoms with Gasteiger partial charge >= 0.3 is 5.97 Å². The summed E-state index contributed by atoms with van der Waals surface area (Å²) in [4.78, 5) is 54.3. The van der Waals surface area contributed by atoms with Crippen molar-refractivity contribution in [2.24, 2.45) is 11.8 Å². The fourth-order valence-electron chi connectivity index (χ4n) is 4.10. The zero-order valence-electron chi connectivity index (χ0n) is 21.5. The lowest BCUT2D eigenvalue weighted by molar-refractivity contribution is -0.140. The first kappa shape index (κ1) is 29.2. The highest BCUT2D eigenvalue weighted by Crippen LogP contribution is 2.43. The van der Waals surface area contributed by atoms with E-state index < -0.39 is 43.4 Å². The number of nitrogens with zero attached hydrogens (tertiary/aromatic N) is 2. The Kier molecular flexibility index (Phi) is 9.96. The van der Waals surface area contributed by atoms with Gasteiger partial charge < -0.3 is 15.3 Å². The van der Waals surface area contributed by atoms with E-state index in [1.54, 1.807) is 60.8 Å². The summed E-state index contributed by atoms with van der Waals surface area (Å²) in [6, 6.07) is 13.9. The maximum atomic E-state index is 13.8. The molecule has 3 aromatic rings. The molecule has 3 atom stereocenters. The maximum Gasteiger partial charge on any atom is 0.326 e. The number of carboxylic acid groups (broad SMARTS) is 1. The van der Waals surface area contributed by atoms with Crippen molar-refractivity contribution in [2.45, 2.75) is 33.2 Å². The number of aromatic nitrogens is 1. The number of rotatable bonds is 12. The fourth-order valence-corrected chi connectivity index (χ4v) is 6.26. The van der Waals surface area contributed by atoms with Crippen LogP contribution in [-0.2, 0) is 14.2 Å². The zero-order chi connectivity index (χ0) is 27.9. The maximum absolute atomic E-state index is 13.8. The Labute approximate surface area is 226 Å². The van der Waals surface area contributed by atoms with E-state index in [1.807, 2.05) is 19.2 Å². The minimum atomic E-state index is -3.99. The van der Waals surface area contributed by atoms with E-state index in [0.29, 0.717) is 11.3 Å². The second kappa shape index (κ2) is 13.0. The van der Waals surface area contributed by atoms with Gasteiger partial charge in [0.05, 0.1) is 6.29 Å². The monoisotopic (exact) mass is 557 g/mol. The van der Waals surface area contributed by atoms with Crippen LogP contribution in [0, 0.1) is 11.8 Å². The molecule has 0 radical (unpaired) electrons. The van der Waals surface area contributed by atoms with E-state index >= 15 is 0 Å². The molecule has 0 spiro atoms. The van der Waals surface area contributed by atoms with Crippen LogP contribution in [0.1, 0.15) is 37.6 Å². The SMILES string of the molecule is CC(C)CC(CP(=O)(O)CNC(=O)c1ccccc1)C(=O)N(c1ccc(-c2nccs2)cc1)[C@@H](C)C(=O)O. The molecule has 3 N–H and O–H groups in total. The molecule has 202 valence electrons. The molecule has 0 saturated carbocycles. The van der Waals surface area contributed by atoms with Gasteiger partial charge in [-0.05, 0) is 55.7 Å². The standard InChI is InChI=1S/C27H32N3O6PS/c1-18(2)15-22(16-37(35,36)17-29-24(31)20-7-5-4-6-8-20)26(32)30(19(3)27(33)34)23-11-9-21(10-12-23)25-28-13-14-38-25/h4-14,18-19,22H,15-17H2,1-3H3,(H,29,31)(H,33,34)(H,35,36)/t19-,22?/m0/s1. The highest BCUT2D eigenvalue weighted by molar-refractivity contribution is 7.58. The summed E-state index contributed by atoms with van der Waals surface area (Å²) in [5.74, 6) is -3.18. The molecular formula is C27H32N3O6PS. The lowest BCUT2D eigenvalue weighted by Gasteiger charge is -2.32. The van der Waals surface area contributed by atoms with Gasteiger partial charge in [-0.15, -0.1) is 11.3 Å².